The van der Waals surface area contributed by atoms with E-state index < -0.39 is 5.97 Å². The zero-order valence-electron chi connectivity index (χ0n) is 9.39. The van der Waals surface area contributed by atoms with Gasteiger partial charge in [0, 0.05) is 6.54 Å². The molecule has 0 aromatic carbocycles. The van der Waals surface area contributed by atoms with Gasteiger partial charge < -0.3 is 14.8 Å². The van der Waals surface area contributed by atoms with Gasteiger partial charge in [0.15, 0.2) is 0 Å². The smallest absolute Gasteiger partial charge is 0.306 e. The predicted molar refractivity (Wildman–Crippen MR) is 59.5 cm³/mol. The highest BCUT2D eigenvalue weighted by atomic mass is 16.4. The Morgan fingerprint density at radius 3 is 2.94 bits per heavy atom. The van der Waals surface area contributed by atoms with E-state index in [0.29, 0.717) is 18.5 Å². The van der Waals surface area contributed by atoms with Gasteiger partial charge in [-0.2, -0.15) is 0 Å². The molecule has 1 aliphatic carbocycles. The van der Waals surface area contributed by atoms with Gasteiger partial charge in [0.2, 0.25) is 0 Å². The van der Waals surface area contributed by atoms with Crippen LogP contribution < -0.4 is 5.32 Å². The monoisotopic (exact) mass is 237 g/mol. The molecule has 0 radical (unpaired) electrons. The van der Waals surface area contributed by atoms with Crippen LogP contribution in [0.1, 0.15) is 29.6 Å². The van der Waals surface area contributed by atoms with Crippen molar-refractivity contribution in [3.63, 3.8) is 0 Å². The van der Waals surface area contributed by atoms with Crippen LogP contribution in [-0.4, -0.2) is 23.5 Å². The lowest BCUT2D eigenvalue weighted by atomic mass is 9.96. The van der Waals surface area contributed by atoms with Crippen LogP contribution in [0, 0.1) is 11.8 Å². The Labute approximate surface area is 98.8 Å². The molecule has 17 heavy (non-hydrogen) atoms. The molecule has 2 rings (SSSR count). The first-order valence-electron chi connectivity index (χ1n) is 5.71. The molecular formula is C12H15NO4. The summed E-state index contributed by atoms with van der Waals surface area (Å²) in [7, 11) is 0. The van der Waals surface area contributed by atoms with Crippen LogP contribution in [-0.2, 0) is 4.79 Å². The van der Waals surface area contributed by atoms with Crippen molar-refractivity contribution in [3.8, 4) is 0 Å². The van der Waals surface area contributed by atoms with Gasteiger partial charge in [0.25, 0.3) is 5.91 Å². The summed E-state index contributed by atoms with van der Waals surface area (Å²) in [6.45, 7) is 0.418. The minimum atomic E-state index is -0.759. The fourth-order valence-electron chi connectivity index (χ4n) is 2.33. The Kier molecular flexibility index (Phi) is 3.46. The zero-order valence-corrected chi connectivity index (χ0v) is 9.39. The molecular weight excluding hydrogens is 222 g/mol. The average molecular weight is 237 g/mol. The Balaban J connectivity index is 1.86. The van der Waals surface area contributed by atoms with E-state index in [4.69, 9.17) is 9.52 Å². The second-order valence-electron chi connectivity index (χ2n) is 4.36. The van der Waals surface area contributed by atoms with Crippen molar-refractivity contribution in [2.45, 2.75) is 19.3 Å². The second kappa shape index (κ2) is 5.03. The van der Waals surface area contributed by atoms with Crippen molar-refractivity contribution >= 4 is 11.9 Å². The highest BCUT2D eigenvalue weighted by molar-refractivity contribution is 5.93. The molecule has 2 N–H and O–H groups in total. The third-order valence-corrected chi connectivity index (χ3v) is 3.28. The number of amides is 1. The first kappa shape index (κ1) is 11.7. The normalized spacial score (nSPS) is 23.5. The summed E-state index contributed by atoms with van der Waals surface area (Å²) < 4.78 is 4.81. The molecule has 1 fully saturated rings. The lowest BCUT2D eigenvalue weighted by Crippen LogP contribution is -2.32. The van der Waals surface area contributed by atoms with E-state index >= 15 is 0 Å². The highest BCUT2D eigenvalue weighted by Crippen LogP contribution is 2.31. The molecule has 2 atom stereocenters. The van der Waals surface area contributed by atoms with E-state index in [-0.39, 0.29) is 17.7 Å². The van der Waals surface area contributed by atoms with Crippen LogP contribution in [0.2, 0.25) is 0 Å². The van der Waals surface area contributed by atoms with Gasteiger partial charge in [-0.05, 0) is 24.8 Å². The maximum atomic E-state index is 11.6. The second-order valence-corrected chi connectivity index (χ2v) is 4.36. The molecule has 1 saturated carbocycles. The minimum absolute atomic E-state index is 0.0448. The summed E-state index contributed by atoms with van der Waals surface area (Å²) in [4.78, 5) is 22.6. The molecule has 92 valence electrons. The fourth-order valence-corrected chi connectivity index (χ4v) is 2.33. The van der Waals surface area contributed by atoms with Crippen LogP contribution in [0.5, 0.6) is 0 Å². The third kappa shape index (κ3) is 2.67. The number of carboxylic acid groups (broad SMARTS) is 1. The van der Waals surface area contributed by atoms with E-state index in [2.05, 4.69) is 5.32 Å². The van der Waals surface area contributed by atoms with Crippen LogP contribution >= 0.6 is 0 Å². The average Bonchev–Trinajstić information content (AvgIpc) is 2.96. The fraction of sp³-hybridized carbons (Fsp3) is 0.500. The molecule has 0 aliphatic heterocycles. The molecule has 1 aromatic rings. The van der Waals surface area contributed by atoms with E-state index in [1.807, 2.05) is 0 Å². The largest absolute Gasteiger partial charge is 0.481 e. The number of aliphatic carboxylic acids is 1. The number of furan rings is 1. The SMILES string of the molecule is O=C(NCC1CCCC1C(=O)O)c1ccoc1. The lowest BCUT2D eigenvalue weighted by molar-refractivity contribution is -0.142. The van der Waals surface area contributed by atoms with Crippen molar-refractivity contribution < 1.29 is 19.1 Å². The Bertz CT molecular complexity index is 399. The zero-order chi connectivity index (χ0) is 12.3. The maximum absolute atomic E-state index is 11.6. The van der Waals surface area contributed by atoms with Crippen molar-refractivity contribution in [2.24, 2.45) is 11.8 Å². The number of carboxylic acids is 1. The Morgan fingerprint density at radius 2 is 2.29 bits per heavy atom. The van der Waals surface area contributed by atoms with Crippen LogP contribution in [0.3, 0.4) is 0 Å². The first-order valence-corrected chi connectivity index (χ1v) is 5.71. The standard InChI is InChI=1S/C12H15NO4/c14-11(9-4-5-17-7-9)13-6-8-2-1-3-10(8)12(15)16/h4-5,7-8,10H,1-3,6H2,(H,13,14)(H,15,16). The highest BCUT2D eigenvalue weighted by Gasteiger charge is 2.32. The molecule has 0 bridgehead atoms. The minimum Gasteiger partial charge on any atom is -0.481 e. The predicted octanol–water partition coefficient (Wildman–Crippen LogP) is 1.51. The molecule has 5 nitrogen and oxygen atoms in total. The molecule has 1 heterocycles. The Hall–Kier alpha value is -1.78. The molecule has 1 amide bonds. The summed E-state index contributed by atoms with van der Waals surface area (Å²) in [6, 6.07) is 1.58. The quantitative estimate of drug-likeness (QED) is 0.831. The molecule has 2 unspecified atom stereocenters. The number of rotatable bonds is 4. The van der Waals surface area contributed by atoms with Crippen LogP contribution in [0.25, 0.3) is 0 Å². The topological polar surface area (TPSA) is 79.5 Å². The molecule has 1 aliphatic rings. The molecule has 0 spiro atoms. The van der Waals surface area contributed by atoms with Gasteiger partial charge in [-0.15, -0.1) is 0 Å². The van der Waals surface area contributed by atoms with Gasteiger partial charge in [0.1, 0.15) is 6.26 Å². The van der Waals surface area contributed by atoms with E-state index in [1.54, 1.807) is 6.07 Å². The van der Waals surface area contributed by atoms with E-state index in [0.717, 1.165) is 12.8 Å². The number of carbonyl (C=O) groups is 2. The molecule has 0 saturated heterocycles. The summed E-state index contributed by atoms with van der Waals surface area (Å²) in [5.74, 6) is -1.25. The number of hydrogen-bond donors (Lipinski definition) is 2. The van der Waals surface area contributed by atoms with E-state index in [1.165, 1.54) is 12.5 Å². The number of hydrogen-bond acceptors (Lipinski definition) is 3. The van der Waals surface area contributed by atoms with Gasteiger partial charge >= 0.3 is 5.97 Å². The summed E-state index contributed by atoms with van der Waals surface area (Å²) >= 11 is 0. The van der Waals surface area contributed by atoms with Crippen molar-refractivity contribution in [3.05, 3.63) is 24.2 Å². The lowest BCUT2D eigenvalue weighted by Gasteiger charge is -2.15. The molecule has 5 heteroatoms. The van der Waals surface area contributed by atoms with Gasteiger partial charge in [-0.25, -0.2) is 0 Å². The first-order chi connectivity index (χ1) is 8.18. The maximum Gasteiger partial charge on any atom is 0.306 e. The number of nitrogens with one attached hydrogen (secondary N) is 1. The van der Waals surface area contributed by atoms with E-state index in [9.17, 15) is 9.59 Å². The van der Waals surface area contributed by atoms with Crippen LogP contribution in [0.4, 0.5) is 0 Å². The summed E-state index contributed by atoms with van der Waals surface area (Å²) in [5.41, 5.74) is 0.467. The summed E-state index contributed by atoms with van der Waals surface area (Å²) in [5, 5.41) is 11.8. The van der Waals surface area contributed by atoms with Crippen molar-refractivity contribution in [1.29, 1.82) is 0 Å². The van der Waals surface area contributed by atoms with Gasteiger partial charge in [0.05, 0.1) is 17.7 Å². The van der Waals surface area contributed by atoms with Crippen LogP contribution in [0.15, 0.2) is 23.0 Å². The van der Waals surface area contributed by atoms with Crippen molar-refractivity contribution in [1.82, 2.24) is 5.32 Å². The van der Waals surface area contributed by atoms with Gasteiger partial charge in [-0.3, -0.25) is 9.59 Å². The number of carbonyl (C=O) groups excluding carboxylic acids is 1. The Morgan fingerprint density at radius 1 is 1.47 bits per heavy atom. The third-order valence-electron chi connectivity index (χ3n) is 3.28. The van der Waals surface area contributed by atoms with Crippen molar-refractivity contribution in [2.75, 3.05) is 6.54 Å². The van der Waals surface area contributed by atoms with Gasteiger partial charge in [-0.1, -0.05) is 6.42 Å². The summed E-state index contributed by atoms with van der Waals surface area (Å²) in [6.07, 6.45) is 5.30. The molecule has 1 aromatic heterocycles.